The Morgan fingerprint density at radius 2 is 1.89 bits per heavy atom. The first-order valence-corrected chi connectivity index (χ1v) is 6.39. The molecule has 1 heterocycles. The first-order valence-electron chi connectivity index (χ1n) is 6.01. The van der Waals surface area contributed by atoms with Crippen molar-refractivity contribution in [1.82, 2.24) is 15.0 Å². The zero-order valence-corrected chi connectivity index (χ0v) is 11.8. The number of rotatable bonds is 7. The summed E-state index contributed by atoms with van der Waals surface area (Å²) in [5.41, 5.74) is -0.304. The molecule has 18 heavy (non-hydrogen) atoms. The van der Waals surface area contributed by atoms with Crippen molar-refractivity contribution in [3.05, 3.63) is 5.28 Å². The number of aliphatic hydroxyl groups is 1. The van der Waals surface area contributed by atoms with Gasteiger partial charge in [0, 0.05) is 18.7 Å². The van der Waals surface area contributed by atoms with E-state index in [1.807, 2.05) is 13.8 Å². The van der Waals surface area contributed by atoms with Gasteiger partial charge in [0.25, 0.3) is 0 Å². The average molecular weight is 274 g/mol. The summed E-state index contributed by atoms with van der Waals surface area (Å²) in [7, 11) is 0. The fraction of sp³-hybridized carbons (Fsp3) is 0.727. The van der Waals surface area contributed by atoms with Crippen LogP contribution < -0.4 is 10.6 Å². The summed E-state index contributed by atoms with van der Waals surface area (Å²) in [6.45, 7) is 6.85. The summed E-state index contributed by atoms with van der Waals surface area (Å²) >= 11 is 5.84. The SMILES string of the molecule is CCCNc1nc(Cl)nc(NC(C)(C)CCO)n1. The Bertz CT molecular complexity index is 386. The lowest BCUT2D eigenvalue weighted by Crippen LogP contribution is -2.33. The van der Waals surface area contributed by atoms with Crippen LogP contribution >= 0.6 is 11.6 Å². The van der Waals surface area contributed by atoms with Crippen molar-refractivity contribution < 1.29 is 5.11 Å². The fourth-order valence-electron chi connectivity index (χ4n) is 1.37. The first-order chi connectivity index (χ1) is 8.46. The number of hydrogen-bond acceptors (Lipinski definition) is 6. The molecule has 0 fully saturated rings. The van der Waals surface area contributed by atoms with Crippen LogP contribution in [0.4, 0.5) is 11.9 Å². The minimum atomic E-state index is -0.304. The van der Waals surface area contributed by atoms with E-state index in [0.29, 0.717) is 18.3 Å². The van der Waals surface area contributed by atoms with Crippen molar-refractivity contribution >= 4 is 23.5 Å². The molecule has 0 saturated carbocycles. The number of anilines is 2. The third-order valence-electron chi connectivity index (χ3n) is 2.33. The quantitative estimate of drug-likeness (QED) is 0.704. The molecule has 0 amide bonds. The molecule has 0 aromatic carbocycles. The van der Waals surface area contributed by atoms with Crippen molar-refractivity contribution in [3.8, 4) is 0 Å². The van der Waals surface area contributed by atoms with Gasteiger partial charge in [0.1, 0.15) is 0 Å². The summed E-state index contributed by atoms with van der Waals surface area (Å²) in [5.74, 6) is 0.867. The molecule has 0 atom stereocenters. The molecule has 1 rings (SSSR count). The molecule has 7 heteroatoms. The van der Waals surface area contributed by atoms with Crippen molar-refractivity contribution in [2.24, 2.45) is 0 Å². The number of nitrogens with one attached hydrogen (secondary N) is 2. The minimum Gasteiger partial charge on any atom is -0.396 e. The van der Waals surface area contributed by atoms with Gasteiger partial charge in [-0.2, -0.15) is 15.0 Å². The monoisotopic (exact) mass is 273 g/mol. The topological polar surface area (TPSA) is 83.0 Å². The summed E-state index contributed by atoms with van der Waals surface area (Å²) in [5, 5.41) is 15.3. The van der Waals surface area contributed by atoms with Crippen LogP contribution in [-0.4, -0.2) is 38.7 Å². The molecule has 102 valence electrons. The van der Waals surface area contributed by atoms with Gasteiger partial charge in [-0.15, -0.1) is 0 Å². The predicted octanol–water partition coefficient (Wildman–Crippen LogP) is 1.92. The largest absolute Gasteiger partial charge is 0.396 e. The van der Waals surface area contributed by atoms with Gasteiger partial charge in [0.05, 0.1) is 0 Å². The van der Waals surface area contributed by atoms with Crippen LogP contribution in [0.15, 0.2) is 0 Å². The van der Waals surface area contributed by atoms with E-state index in [0.717, 1.165) is 13.0 Å². The molecule has 0 aliphatic heterocycles. The molecular formula is C11H20ClN5O. The summed E-state index contributed by atoms with van der Waals surface area (Å²) in [4.78, 5) is 12.2. The van der Waals surface area contributed by atoms with Gasteiger partial charge in [0.15, 0.2) is 0 Å². The zero-order valence-electron chi connectivity index (χ0n) is 11.0. The Labute approximate surface area is 112 Å². The van der Waals surface area contributed by atoms with Crippen LogP contribution in [-0.2, 0) is 0 Å². The van der Waals surface area contributed by atoms with Crippen LogP contribution in [0.3, 0.4) is 0 Å². The van der Waals surface area contributed by atoms with Crippen LogP contribution in [0.25, 0.3) is 0 Å². The van der Waals surface area contributed by atoms with Gasteiger partial charge >= 0.3 is 0 Å². The Morgan fingerprint density at radius 1 is 1.22 bits per heavy atom. The second-order valence-corrected chi connectivity index (χ2v) is 5.00. The second kappa shape index (κ2) is 6.70. The molecule has 0 bridgehead atoms. The van der Waals surface area contributed by atoms with E-state index in [4.69, 9.17) is 16.7 Å². The summed E-state index contributed by atoms with van der Waals surface area (Å²) in [6.07, 6.45) is 1.57. The van der Waals surface area contributed by atoms with Gasteiger partial charge in [-0.05, 0) is 38.3 Å². The number of hydrogen-bond donors (Lipinski definition) is 3. The lowest BCUT2D eigenvalue weighted by molar-refractivity contribution is 0.260. The van der Waals surface area contributed by atoms with Crippen molar-refractivity contribution in [2.45, 2.75) is 39.2 Å². The van der Waals surface area contributed by atoms with E-state index in [1.54, 1.807) is 0 Å². The van der Waals surface area contributed by atoms with Crippen molar-refractivity contribution in [3.63, 3.8) is 0 Å². The van der Waals surface area contributed by atoms with E-state index in [1.165, 1.54) is 0 Å². The van der Waals surface area contributed by atoms with Crippen molar-refractivity contribution in [1.29, 1.82) is 0 Å². The Kier molecular flexibility index (Phi) is 5.55. The molecule has 1 aromatic heterocycles. The second-order valence-electron chi connectivity index (χ2n) is 4.66. The highest BCUT2D eigenvalue weighted by molar-refractivity contribution is 6.28. The molecule has 0 radical (unpaired) electrons. The highest BCUT2D eigenvalue weighted by Gasteiger charge is 2.18. The van der Waals surface area contributed by atoms with Gasteiger partial charge in [-0.25, -0.2) is 0 Å². The standard InChI is InChI=1S/C11H20ClN5O/c1-4-6-13-9-14-8(12)15-10(16-9)17-11(2,3)5-7-18/h18H,4-7H2,1-3H3,(H2,13,14,15,16,17). The van der Waals surface area contributed by atoms with E-state index in [-0.39, 0.29) is 17.4 Å². The van der Waals surface area contributed by atoms with Gasteiger partial charge in [0.2, 0.25) is 17.2 Å². The molecule has 0 aliphatic carbocycles. The lowest BCUT2D eigenvalue weighted by atomic mass is 10.0. The molecule has 1 aromatic rings. The number of aromatic nitrogens is 3. The smallest absolute Gasteiger partial charge is 0.229 e. The fourth-order valence-corrected chi connectivity index (χ4v) is 1.53. The van der Waals surface area contributed by atoms with E-state index < -0.39 is 0 Å². The first kappa shape index (κ1) is 14.9. The van der Waals surface area contributed by atoms with Crippen LogP contribution in [0.5, 0.6) is 0 Å². The Balaban J connectivity index is 2.79. The third kappa shape index (κ3) is 5.01. The van der Waals surface area contributed by atoms with Gasteiger partial charge in [-0.3, -0.25) is 0 Å². The molecule has 3 N–H and O–H groups in total. The van der Waals surface area contributed by atoms with E-state index in [2.05, 4.69) is 32.5 Å². The van der Waals surface area contributed by atoms with Crippen LogP contribution in [0.2, 0.25) is 5.28 Å². The average Bonchev–Trinajstić information content (AvgIpc) is 2.24. The van der Waals surface area contributed by atoms with Gasteiger partial charge in [-0.1, -0.05) is 6.92 Å². The summed E-state index contributed by atoms with van der Waals surface area (Å²) < 4.78 is 0. The predicted molar refractivity (Wildman–Crippen MR) is 73.0 cm³/mol. The molecule has 6 nitrogen and oxygen atoms in total. The van der Waals surface area contributed by atoms with Crippen LogP contribution in [0, 0.1) is 0 Å². The number of nitrogens with zero attached hydrogens (tertiary/aromatic N) is 3. The van der Waals surface area contributed by atoms with Gasteiger partial charge < -0.3 is 15.7 Å². The third-order valence-corrected chi connectivity index (χ3v) is 2.50. The van der Waals surface area contributed by atoms with Crippen LogP contribution in [0.1, 0.15) is 33.6 Å². The zero-order chi connectivity index (χ0) is 13.6. The maximum atomic E-state index is 8.97. The maximum Gasteiger partial charge on any atom is 0.229 e. The van der Waals surface area contributed by atoms with E-state index in [9.17, 15) is 0 Å². The number of aliphatic hydroxyl groups excluding tert-OH is 1. The molecule has 0 aliphatic rings. The molecule has 0 saturated heterocycles. The summed E-state index contributed by atoms with van der Waals surface area (Å²) in [6, 6.07) is 0. The normalized spacial score (nSPS) is 11.4. The Morgan fingerprint density at radius 3 is 2.50 bits per heavy atom. The van der Waals surface area contributed by atoms with E-state index >= 15 is 0 Å². The highest BCUT2D eigenvalue weighted by atomic mass is 35.5. The Hall–Kier alpha value is -1.14. The highest BCUT2D eigenvalue weighted by Crippen LogP contribution is 2.17. The molecular weight excluding hydrogens is 254 g/mol. The lowest BCUT2D eigenvalue weighted by Gasteiger charge is -2.25. The molecule has 0 spiro atoms. The van der Waals surface area contributed by atoms with Crippen molar-refractivity contribution in [2.75, 3.05) is 23.8 Å². The molecule has 0 unspecified atom stereocenters. The minimum absolute atomic E-state index is 0.0970. The number of halogens is 1. The maximum absolute atomic E-state index is 8.97.